The molecular weight excluding hydrogens is 219 g/mol. The molecule has 1 heterocycles. The Balaban J connectivity index is 2.63. The van der Waals surface area contributed by atoms with Crippen LogP contribution in [-0.2, 0) is 6.42 Å². The lowest BCUT2D eigenvalue weighted by Gasteiger charge is -2.15. The molecule has 0 fully saturated rings. The number of aryl methyl sites for hydroxylation is 1. The van der Waals surface area contributed by atoms with Gasteiger partial charge in [0.15, 0.2) is 0 Å². The number of aliphatic hydroxyl groups is 1. The van der Waals surface area contributed by atoms with Gasteiger partial charge in [-0.05, 0) is 19.1 Å². The van der Waals surface area contributed by atoms with Crippen molar-refractivity contribution in [3.8, 4) is 5.69 Å². The summed E-state index contributed by atoms with van der Waals surface area (Å²) in [6.07, 6.45) is 3.36. The van der Waals surface area contributed by atoms with E-state index in [2.05, 4.69) is 4.98 Å². The predicted molar refractivity (Wildman–Crippen MR) is 63.5 cm³/mol. The third kappa shape index (κ3) is 2.08. The second kappa shape index (κ2) is 4.67. The van der Waals surface area contributed by atoms with Gasteiger partial charge < -0.3 is 9.67 Å². The number of hydrogen-bond acceptors (Lipinski definition) is 2. The van der Waals surface area contributed by atoms with Crippen molar-refractivity contribution < 1.29 is 9.50 Å². The highest BCUT2D eigenvalue weighted by molar-refractivity contribution is 5.44. The van der Waals surface area contributed by atoms with Crippen LogP contribution in [0.3, 0.4) is 0 Å². The van der Waals surface area contributed by atoms with Crippen LogP contribution in [-0.4, -0.2) is 14.7 Å². The molecule has 0 bridgehead atoms. The monoisotopic (exact) mass is 234 g/mol. The number of aromatic nitrogens is 2. The van der Waals surface area contributed by atoms with Gasteiger partial charge in [0, 0.05) is 24.4 Å². The van der Waals surface area contributed by atoms with Gasteiger partial charge in [-0.3, -0.25) is 0 Å². The fourth-order valence-electron chi connectivity index (χ4n) is 1.96. The van der Waals surface area contributed by atoms with Gasteiger partial charge >= 0.3 is 0 Å². The molecule has 3 nitrogen and oxygen atoms in total. The zero-order valence-corrected chi connectivity index (χ0v) is 9.89. The third-order valence-corrected chi connectivity index (χ3v) is 2.74. The first-order chi connectivity index (χ1) is 8.15. The van der Waals surface area contributed by atoms with Crippen molar-refractivity contribution in [3.63, 3.8) is 0 Å². The summed E-state index contributed by atoms with van der Waals surface area (Å²) in [5.41, 5.74) is 0.953. The zero-order valence-electron chi connectivity index (χ0n) is 9.89. The van der Waals surface area contributed by atoms with Crippen molar-refractivity contribution in [1.82, 2.24) is 9.55 Å². The Labute approximate surface area is 99.5 Å². The average Bonchev–Trinajstić information content (AvgIpc) is 2.75. The molecule has 0 aliphatic rings. The maximum atomic E-state index is 13.7. The van der Waals surface area contributed by atoms with Crippen LogP contribution in [0.25, 0.3) is 5.69 Å². The van der Waals surface area contributed by atoms with E-state index in [1.165, 1.54) is 6.07 Å². The Morgan fingerprint density at radius 3 is 2.88 bits per heavy atom. The van der Waals surface area contributed by atoms with Crippen LogP contribution in [0.5, 0.6) is 0 Å². The van der Waals surface area contributed by atoms with E-state index in [0.29, 0.717) is 11.3 Å². The van der Waals surface area contributed by atoms with Crippen molar-refractivity contribution >= 4 is 0 Å². The highest BCUT2D eigenvalue weighted by atomic mass is 19.1. The fourth-order valence-corrected chi connectivity index (χ4v) is 1.96. The van der Waals surface area contributed by atoms with Crippen LogP contribution in [0.2, 0.25) is 0 Å². The van der Waals surface area contributed by atoms with E-state index in [0.717, 1.165) is 12.2 Å². The van der Waals surface area contributed by atoms with Gasteiger partial charge in [0.2, 0.25) is 0 Å². The Morgan fingerprint density at radius 1 is 1.47 bits per heavy atom. The molecule has 2 aromatic rings. The Kier molecular flexibility index (Phi) is 3.24. The molecule has 1 atom stereocenters. The SMILES string of the molecule is CCc1nccn1-c1cccc(F)c1C(C)O. The number of nitrogens with zero attached hydrogens (tertiary/aromatic N) is 2. The normalized spacial score (nSPS) is 12.7. The smallest absolute Gasteiger partial charge is 0.131 e. The summed E-state index contributed by atoms with van der Waals surface area (Å²) in [5, 5.41) is 9.67. The minimum Gasteiger partial charge on any atom is -0.389 e. The predicted octanol–water partition coefficient (Wildman–Crippen LogP) is 2.63. The van der Waals surface area contributed by atoms with Gasteiger partial charge in [-0.1, -0.05) is 13.0 Å². The molecule has 2 rings (SSSR count). The van der Waals surface area contributed by atoms with Crippen molar-refractivity contribution in [2.24, 2.45) is 0 Å². The minimum absolute atomic E-state index is 0.306. The molecule has 1 unspecified atom stereocenters. The summed E-state index contributed by atoms with van der Waals surface area (Å²) in [6, 6.07) is 4.77. The van der Waals surface area contributed by atoms with Gasteiger partial charge in [0.1, 0.15) is 11.6 Å². The molecule has 1 aromatic carbocycles. The molecule has 0 radical (unpaired) electrons. The number of aliphatic hydroxyl groups excluding tert-OH is 1. The van der Waals surface area contributed by atoms with E-state index in [1.807, 2.05) is 11.5 Å². The van der Waals surface area contributed by atoms with Gasteiger partial charge in [0.05, 0.1) is 11.8 Å². The lowest BCUT2D eigenvalue weighted by atomic mass is 10.1. The summed E-state index contributed by atoms with van der Waals surface area (Å²) in [5.74, 6) is 0.450. The fraction of sp³-hybridized carbons (Fsp3) is 0.308. The van der Waals surface area contributed by atoms with Gasteiger partial charge in [-0.15, -0.1) is 0 Å². The molecule has 1 N–H and O–H groups in total. The lowest BCUT2D eigenvalue weighted by molar-refractivity contribution is 0.194. The largest absolute Gasteiger partial charge is 0.389 e. The molecule has 0 amide bonds. The van der Waals surface area contributed by atoms with Gasteiger partial charge in [-0.2, -0.15) is 0 Å². The molecule has 0 saturated carbocycles. The van der Waals surface area contributed by atoms with Crippen molar-refractivity contribution in [1.29, 1.82) is 0 Å². The zero-order chi connectivity index (χ0) is 12.4. The minimum atomic E-state index is -0.849. The standard InChI is InChI=1S/C13H15FN2O/c1-3-12-15-7-8-16(12)11-6-4-5-10(14)13(11)9(2)17/h4-9,17H,3H2,1-2H3. The number of halogens is 1. The first kappa shape index (κ1) is 11.8. The number of hydrogen-bond donors (Lipinski definition) is 1. The van der Waals surface area contributed by atoms with Crippen molar-refractivity contribution in [3.05, 3.63) is 47.8 Å². The molecule has 0 spiro atoms. The summed E-state index contributed by atoms with van der Waals surface area (Å²) in [6.45, 7) is 3.55. The highest BCUT2D eigenvalue weighted by Gasteiger charge is 2.16. The van der Waals surface area contributed by atoms with Crippen LogP contribution < -0.4 is 0 Å². The number of rotatable bonds is 3. The molecule has 0 aliphatic carbocycles. The summed E-state index contributed by atoms with van der Waals surface area (Å²) >= 11 is 0. The Hall–Kier alpha value is -1.68. The van der Waals surface area contributed by atoms with E-state index in [1.54, 1.807) is 31.5 Å². The molecular formula is C13H15FN2O. The first-order valence-corrected chi connectivity index (χ1v) is 5.64. The Morgan fingerprint density at radius 2 is 2.24 bits per heavy atom. The first-order valence-electron chi connectivity index (χ1n) is 5.64. The molecule has 4 heteroatoms. The van der Waals surface area contributed by atoms with Crippen LogP contribution in [0, 0.1) is 5.82 Å². The Bertz CT molecular complexity index is 520. The topological polar surface area (TPSA) is 38.0 Å². The average molecular weight is 234 g/mol. The van der Waals surface area contributed by atoms with Crippen LogP contribution in [0.4, 0.5) is 4.39 Å². The van der Waals surface area contributed by atoms with Gasteiger partial charge in [-0.25, -0.2) is 9.37 Å². The number of imidazole rings is 1. The molecule has 17 heavy (non-hydrogen) atoms. The number of benzene rings is 1. The maximum absolute atomic E-state index is 13.7. The van der Waals surface area contributed by atoms with Crippen LogP contribution in [0.15, 0.2) is 30.6 Å². The lowest BCUT2D eigenvalue weighted by Crippen LogP contribution is -2.07. The highest BCUT2D eigenvalue weighted by Crippen LogP contribution is 2.25. The van der Waals surface area contributed by atoms with E-state index in [4.69, 9.17) is 0 Å². The van der Waals surface area contributed by atoms with Crippen molar-refractivity contribution in [2.45, 2.75) is 26.4 Å². The molecule has 0 saturated heterocycles. The van der Waals surface area contributed by atoms with Crippen LogP contribution in [0.1, 0.15) is 31.3 Å². The molecule has 1 aromatic heterocycles. The molecule has 0 aliphatic heterocycles. The van der Waals surface area contributed by atoms with E-state index < -0.39 is 11.9 Å². The second-order valence-electron chi connectivity index (χ2n) is 3.92. The van der Waals surface area contributed by atoms with E-state index in [9.17, 15) is 9.50 Å². The van der Waals surface area contributed by atoms with E-state index >= 15 is 0 Å². The molecule has 90 valence electrons. The maximum Gasteiger partial charge on any atom is 0.131 e. The summed E-state index contributed by atoms with van der Waals surface area (Å²) in [7, 11) is 0. The summed E-state index contributed by atoms with van der Waals surface area (Å²) in [4.78, 5) is 4.20. The van der Waals surface area contributed by atoms with Gasteiger partial charge in [0.25, 0.3) is 0 Å². The van der Waals surface area contributed by atoms with E-state index in [-0.39, 0.29) is 0 Å². The van der Waals surface area contributed by atoms with Crippen molar-refractivity contribution in [2.75, 3.05) is 0 Å². The summed E-state index contributed by atoms with van der Waals surface area (Å²) < 4.78 is 15.5. The van der Waals surface area contributed by atoms with Crippen LogP contribution >= 0.6 is 0 Å². The third-order valence-electron chi connectivity index (χ3n) is 2.74. The second-order valence-corrected chi connectivity index (χ2v) is 3.92. The quantitative estimate of drug-likeness (QED) is 0.886.